The lowest BCUT2D eigenvalue weighted by atomic mass is 9.97. The molecule has 0 saturated carbocycles. The highest BCUT2D eigenvalue weighted by molar-refractivity contribution is 5.79. The van der Waals surface area contributed by atoms with Gasteiger partial charge < -0.3 is 24.7 Å². The van der Waals surface area contributed by atoms with Crippen LogP contribution in [0.25, 0.3) is 0 Å². The van der Waals surface area contributed by atoms with Gasteiger partial charge in [-0.15, -0.1) is 0 Å². The summed E-state index contributed by atoms with van der Waals surface area (Å²) in [5.74, 6) is -2.44. The third kappa shape index (κ3) is 9.97. The molecule has 9 heteroatoms. The Kier molecular flexibility index (Phi) is 12.1. The average molecular weight is 508 g/mol. The summed E-state index contributed by atoms with van der Waals surface area (Å²) in [6, 6.07) is 3.67. The predicted octanol–water partition coefficient (Wildman–Crippen LogP) is 3.98. The fourth-order valence-electron chi connectivity index (χ4n) is 2.63. The molecule has 1 aromatic carbocycles. The van der Waals surface area contributed by atoms with E-state index in [1.54, 1.807) is 47.6 Å². The maximum Gasteiger partial charge on any atom is 0.323 e. The first kappa shape index (κ1) is 31.1. The van der Waals surface area contributed by atoms with Crippen molar-refractivity contribution in [2.24, 2.45) is 23.0 Å². The van der Waals surface area contributed by atoms with Crippen molar-refractivity contribution in [3.8, 4) is 11.5 Å². The van der Waals surface area contributed by atoms with Crippen LogP contribution in [0.3, 0.4) is 0 Å². The summed E-state index contributed by atoms with van der Waals surface area (Å²) in [5, 5.41) is 0. The Morgan fingerprint density at radius 3 is 1.89 bits per heavy atom. The summed E-state index contributed by atoms with van der Waals surface area (Å²) in [6.07, 6.45) is 0.645. The number of ether oxygens (including phenoxy) is 4. The van der Waals surface area contributed by atoms with Gasteiger partial charge in [-0.2, -0.15) is 0 Å². The van der Waals surface area contributed by atoms with Gasteiger partial charge in [-0.3, -0.25) is 19.2 Å². The van der Waals surface area contributed by atoms with Gasteiger partial charge in [0.1, 0.15) is 18.8 Å². The second kappa shape index (κ2) is 14.0. The number of esters is 4. The molecule has 0 aromatic heterocycles. The van der Waals surface area contributed by atoms with E-state index in [9.17, 15) is 19.2 Å². The number of hydrogen-bond acceptors (Lipinski definition) is 9. The van der Waals surface area contributed by atoms with E-state index >= 15 is 0 Å². The molecule has 1 rings (SSSR count). The first-order valence-corrected chi connectivity index (χ1v) is 12.4. The zero-order valence-electron chi connectivity index (χ0n) is 22.7. The average Bonchev–Trinajstić information content (AvgIpc) is 2.81. The molecule has 0 radical (unpaired) electrons. The zero-order valence-corrected chi connectivity index (χ0v) is 22.7. The minimum Gasteiger partial charge on any atom is -0.461 e. The molecule has 0 fully saturated rings. The summed E-state index contributed by atoms with van der Waals surface area (Å²) in [6.45, 7) is 13.9. The molecule has 0 spiro atoms. The van der Waals surface area contributed by atoms with Crippen LogP contribution in [0.2, 0.25) is 0 Å². The highest BCUT2D eigenvalue weighted by Crippen LogP contribution is 2.31. The van der Waals surface area contributed by atoms with Crippen molar-refractivity contribution >= 4 is 23.9 Å². The van der Waals surface area contributed by atoms with Gasteiger partial charge in [0.15, 0.2) is 11.5 Å². The fourth-order valence-corrected chi connectivity index (χ4v) is 2.63. The van der Waals surface area contributed by atoms with E-state index in [1.807, 2.05) is 13.8 Å². The number of benzene rings is 1. The van der Waals surface area contributed by atoms with Crippen molar-refractivity contribution < 1.29 is 38.1 Å². The molecule has 0 heterocycles. The van der Waals surface area contributed by atoms with Crippen LogP contribution in [0.15, 0.2) is 18.2 Å². The van der Waals surface area contributed by atoms with Crippen LogP contribution in [0.4, 0.5) is 0 Å². The molecule has 0 aliphatic carbocycles. The predicted molar refractivity (Wildman–Crippen MR) is 134 cm³/mol. The Labute approximate surface area is 214 Å². The lowest BCUT2D eigenvalue weighted by Gasteiger charge is -2.21. The van der Waals surface area contributed by atoms with Gasteiger partial charge in [-0.05, 0) is 64.7 Å². The molecule has 36 heavy (non-hydrogen) atoms. The topological polar surface area (TPSA) is 131 Å². The summed E-state index contributed by atoms with van der Waals surface area (Å²) in [5.41, 5.74) is 5.95. The summed E-state index contributed by atoms with van der Waals surface area (Å²) < 4.78 is 21.5. The first-order chi connectivity index (χ1) is 16.7. The minimum atomic E-state index is -1.01. The van der Waals surface area contributed by atoms with Gasteiger partial charge in [0.25, 0.3) is 0 Å². The fraction of sp³-hybridized carbons (Fsp3) is 0.630. The van der Waals surface area contributed by atoms with Crippen LogP contribution in [-0.4, -0.2) is 42.6 Å². The highest BCUT2D eigenvalue weighted by atomic mass is 16.6. The maximum absolute atomic E-state index is 12.4. The van der Waals surface area contributed by atoms with Gasteiger partial charge in [-0.25, -0.2) is 0 Å². The van der Waals surface area contributed by atoms with Gasteiger partial charge in [0.2, 0.25) is 0 Å². The lowest BCUT2D eigenvalue weighted by molar-refractivity contribution is -0.165. The van der Waals surface area contributed by atoms with E-state index in [1.165, 1.54) is 12.1 Å². The largest absolute Gasteiger partial charge is 0.461 e. The third-order valence-electron chi connectivity index (χ3n) is 5.60. The van der Waals surface area contributed by atoms with Crippen LogP contribution in [0.1, 0.15) is 73.8 Å². The smallest absolute Gasteiger partial charge is 0.323 e. The number of carbonyl (C=O) groups excluding carboxylic acids is 4. The van der Waals surface area contributed by atoms with E-state index in [2.05, 4.69) is 0 Å². The standard InChI is InChI=1S/C27H41NO8/c1-9-16(3)23(29)35-21-12-11-19(14-22(21)36-24(30)17(4)10-2)13-20(28)25(31)33-15-18(5)34-26(32)27(6,7)8/h11-12,14,16-18,20H,9-10,13,15,28H2,1-8H3/t16?,17?,18-,20-/m0/s1. The number of nitrogens with two attached hydrogens (primary N) is 1. The Bertz CT molecular complexity index is 921. The van der Waals surface area contributed by atoms with E-state index in [0.717, 1.165) is 0 Å². The van der Waals surface area contributed by atoms with Gasteiger partial charge in [0, 0.05) is 0 Å². The number of rotatable bonds is 12. The second-order valence-electron chi connectivity index (χ2n) is 10.1. The SMILES string of the molecule is CCC(C)C(=O)Oc1ccc(C[C@H](N)C(=O)OC[C@H](C)OC(=O)C(C)(C)C)cc1OC(=O)C(C)CC. The normalized spacial score (nSPS) is 14.7. The van der Waals surface area contributed by atoms with Crippen LogP contribution in [-0.2, 0) is 35.1 Å². The molecular weight excluding hydrogens is 466 g/mol. The molecule has 0 aliphatic rings. The minimum absolute atomic E-state index is 0.0812. The Balaban J connectivity index is 2.91. The van der Waals surface area contributed by atoms with Crippen molar-refractivity contribution in [1.82, 2.24) is 0 Å². The lowest BCUT2D eigenvalue weighted by Crippen LogP contribution is -2.37. The molecule has 0 aliphatic heterocycles. The summed E-state index contributed by atoms with van der Waals surface area (Å²) in [7, 11) is 0. The third-order valence-corrected chi connectivity index (χ3v) is 5.60. The van der Waals surface area contributed by atoms with Gasteiger partial charge in [0.05, 0.1) is 17.3 Å². The van der Waals surface area contributed by atoms with Crippen LogP contribution in [0, 0.1) is 17.3 Å². The van der Waals surface area contributed by atoms with E-state index < -0.39 is 41.4 Å². The Morgan fingerprint density at radius 1 is 0.861 bits per heavy atom. The van der Waals surface area contributed by atoms with Crippen molar-refractivity contribution in [3.63, 3.8) is 0 Å². The zero-order chi connectivity index (χ0) is 27.6. The molecular formula is C27H41NO8. The quantitative estimate of drug-likeness (QED) is 0.329. The monoisotopic (exact) mass is 507 g/mol. The first-order valence-electron chi connectivity index (χ1n) is 12.4. The van der Waals surface area contributed by atoms with Crippen LogP contribution >= 0.6 is 0 Å². The second-order valence-corrected chi connectivity index (χ2v) is 10.1. The van der Waals surface area contributed by atoms with E-state index in [4.69, 9.17) is 24.7 Å². The maximum atomic E-state index is 12.4. The number of carbonyl (C=O) groups is 4. The molecule has 4 atom stereocenters. The Hall–Kier alpha value is -2.94. The van der Waals surface area contributed by atoms with Crippen LogP contribution in [0.5, 0.6) is 11.5 Å². The molecule has 0 saturated heterocycles. The summed E-state index contributed by atoms with van der Waals surface area (Å²) in [4.78, 5) is 49.1. The molecule has 0 amide bonds. The van der Waals surface area contributed by atoms with E-state index in [0.29, 0.717) is 18.4 Å². The van der Waals surface area contributed by atoms with Gasteiger partial charge >= 0.3 is 23.9 Å². The molecule has 9 nitrogen and oxygen atoms in total. The van der Waals surface area contributed by atoms with Crippen LogP contribution < -0.4 is 15.2 Å². The van der Waals surface area contributed by atoms with E-state index in [-0.39, 0.29) is 36.4 Å². The molecule has 0 bridgehead atoms. The molecule has 2 N–H and O–H groups in total. The summed E-state index contributed by atoms with van der Waals surface area (Å²) >= 11 is 0. The molecule has 202 valence electrons. The van der Waals surface area contributed by atoms with Crippen molar-refractivity contribution in [2.75, 3.05) is 6.61 Å². The van der Waals surface area contributed by atoms with Crippen molar-refractivity contribution in [2.45, 2.75) is 86.8 Å². The van der Waals surface area contributed by atoms with Crippen molar-refractivity contribution in [3.05, 3.63) is 23.8 Å². The molecule has 2 unspecified atom stereocenters. The van der Waals surface area contributed by atoms with Crippen molar-refractivity contribution in [1.29, 1.82) is 0 Å². The molecule has 1 aromatic rings. The number of hydrogen-bond donors (Lipinski definition) is 1. The Morgan fingerprint density at radius 2 is 1.39 bits per heavy atom. The highest BCUT2D eigenvalue weighted by Gasteiger charge is 2.26. The van der Waals surface area contributed by atoms with Gasteiger partial charge in [-0.1, -0.05) is 33.8 Å².